The molecule has 0 aromatic heterocycles. The van der Waals surface area contributed by atoms with Crippen molar-refractivity contribution in [1.82, 2.24) is 0 Å². The molecule has 0 saturated heterocycles. The molecule has 1 aliphatic heterocycles. The summed E-state index contributed by atoms with van der Waals surface area (Å²) in [7, 11) is 0. The molecule has 0 amide bonds. The topological polar surface area (TPSA) is 110 Å². The van der Waals surface area contributed by atoms with Crippen LogP contribution in [0, 0.1) is 6.92 Å². The van der Waals surface area contributed by atoms with E-state index in [4.69, 9.17) is 9.47 Å². The number of carbonyl (C=O) groups is 3. The lowest BCUT2D eigenvalue weighted by molar-refractivity contribution is -0.123. The standard InChI is InChI=1S/C24H20O7/c1-12-9-16(30-11-14-7-5-4-6-8-14)19(23(28)29)21-20(12)24(3)17(31-21)10-15(26)18(13(2)25)22(24)27/h4-10,26H,11H2,1-3H3,(H,28,29). The van der Waals surface area contributed by atoms with Crippen LogP contribution < -0.4 is 9.47 Å². The first-order valence-electron chi connectivity index (χ1n) is 9.63. The van der Waals surface area contributed by atoms with E-state index < -0.39 is 28.7 Å². The van der Waals surface area contributed by atoms with Gasteiger partial charge in [0.05, 0.1) is 0 Å². The molecular weight excluding hydrogens is 400 g/mol. The van der Waals surface area contributed by atoms with Crippen molar-refractivity contribution in [3.8, 4) is 11.5 Å². The SMILES string of the molecule is CC(=O)C1=C(O)C=C2Oc3c(C(=O)O)c(OCc4ccccc4)cc(C)c3C2(C)C1=O. The number of aliphatic hydroxyl groups excluding tert-OH is 1. The molecule has 7 heteroatoms. The summed E-state index contributed by atoms with van der Waals surface area (Å²) < 4.78 is 11.6. The summed E-state index contributed by atoms with van der Waals surface area (Å²) in [5.41, 5.74) is -0.190. The fourth-order valence-corrected chi connectivity index (χ4v) is 4.17. The number of allylic oxidation sites excluding steroid dienone is 3. The maximum Gasteiger partial charge on any atom is 0.343 e. The molecule has 1 aliphatic carbocycles. The smallest absolute Gasteiger partial charge is 0.343 e. The Morgan fingerprint density at radius 1 is 1.19 bits per heavy atom. The predicted octanol–water partition coefficient (Wildman–Crippen LogP) is 3.79. The minimum absolute atomic E-state index is 0.0183. The molecule has 7 nitrogen and oxygen atoms in total. The molecule has 0 spiro atoms. The third kappa shape index (κ3) is 3.01. The highest BCUT2D eigenvalue weighted by atomic mass is 16.5. The molecule has 4 rings (SSSR count). The van der Waals surface area contributed by atoms with Gasteiger partial charge in [0.15, 0.2) is 11.6 Å². The van der Waals surface area contributed by atoms with Crippen LogP contribution in [0.25, 0.3) is 0 Å². The van der Waals surface area contributed by atoms with E-state index in [9.17, 15) is 24.6 Å². The molecule has 0 fully saturated rings. The van der Waals surface area contributed by atoms with Crippen molar-refractivity contribution in [2.24, 2.45) is 0 Å². The van der Waals surface area contributed by atoms with Gasteiger partial charge in [-0.15, -0.1) is 0 Å². The Labute approximate surface area is 178 Å². The Balaban J connectivity index is 1.85. The molecule has 158 valence electrons. The maximum absolute atomic E-state index is 13.2. The van der Waals surface area contributed by atoms with Crippen molar-refractivity contribution in [3.63, 3.8) is 0 Å². The van der Waals surface area contributed by atoms with Crippen LogP contribution in [-0.2, 0) is 21.6 Å². The first kappa shape index (κ1) is 20.4. The molecule has 1 unspecified atom stereocenters. The normalized spacial score (nSPS) is 19.3. The number of Topliss-reactive ketones (excluding diaryl/α,β-unsaturated/α-hetero) is 2. The molecule has 31 heavy (non-hydrogen) atoms. The second-order valence-electron chi connectivity index (χ2n) is 7.73. The largest absolute Gasteiger partial charge is 0.507 e. The van der Waals surface area contributed by atoms with E-state index in [0.29, 0.717) is 11.1 Å². The van der Waals surface area contributed by atoms with Crippen LogP contribution in [0.5, 0.6) is 11.5 Å². The van der Waals surface area contributed by atoms with Crippen LogP contribution in [0.4, 0.5) is 0 Å². The van der Waals surface area contributed by atoms with Gasteiger partial charge in [0, 0.05) is 11.6 Å². The Morgan fingerprint density at radius 3 is 2.48 bits per heavy atom. The van der Waals surface area contributed by atoms with Gasteiger partial charge in [-0.05, 0) is 38.0 Å². The van der Waals surface area contributed by atoms with E-state index >= 15 is 0 Å². The number of carboxylic acid groups (broad SMARTS) is 1. The number of carbonyl (C=O) groups excluding carboxylic acids is 2. The van der Waals surface area contributed by atoms with Crippen LogP contribution in [0.3, 0.4) is 0 Å². The summed E-state index contributed by atoms with van der Waals surface area (Å²) in [5.74, 6) is -2.83. The van der Waals surface area contributed by atoms with Gasteiger partial charge in [-0.1, -0.05) is 30.3 Å². The molecule has 0 bridgehead atoms. The average molecular weight is 420 g/mol. The summed E-state index contributed by atoms with van der Waals surface area (Å²) in [6.07, 6.45) is 1.20. The summed E-state index contributed by atoms with van der Waals surface area (Å²) in [5, 5.41) is 20.1. The lowest BCUT2D eigenvalue weighted by atomic mass is 9.70. The van der Waals surface area contributed by atoms with Crippen molar-refractivity contribution >= 4 is 17.5 Å². The van der Waals surface area contributed by atoms with E-state index in [2.05, 4.69) is 0 Å². The molecule has 0 saturated carbocycles. The number of fused-ring (bicyclic) bond motifs is 3. The maximum atomic E-state index is 13.2. The Hall–Kier alpha value is -3.87. The highest BCUT2D eigenvalue weighted by Gasteiger charge is 2.54. The third-order valence-corrected chi connectivity index (χ3v) is 5.66. The van der Waals surface area contributed by atoms with Crippen LogP contribution in [0.1, 0.15) is 40.9 Å². The number of benzene rings is 2. The Kier molecular flexibility index (Phi) is 4.69. The van der Waals surface area contributed by atoms with Gasteiger partial charge in [0.25, 0.3) is 0 Å². The number of hydrogen-bond donors (Lipinski definition) is 2. The Bertz CT molecular complexity index is 1200. The van der Waals surface area contributed by atoms with Gasteiger partial charge >= 0.3 is 5.97 Å². The van der Waals surface area contributed by atoms with Crippen molar-refractivity contribution < 1.29 is 34.1 Å². The number of aryl methyl sites for hydroxylation is 1. The second kappa shape index (κ2) is 7.12. The second-order valence-corrected chi connectivity index (χ2v) is 7.73. The van der Waals surface area contributed by atoms with Crippen molar-refractivity contribution in [1.29, 1.82) is 0 Å². The van der Waals surface area contributed by atoms with E-state index in [1.54, 1.807) is 19.9 Å². The van der Waals surface area contributed by atoms with E-state index in [1.165, 1.54) is 13.0 Å². The van der Waals surface area contributed by atoms with Gasteiger partial charge < -0.3 is 19.7 Å². The van der Waals surface area contributed by atoms with Crippen LogP contribution >= 0.6 is 0 Å². The third-order valence-electron chi connectivity index (χ3n) is 5.66. The first-order chi connectivity index (χ1) is 14.7. The van der Waals surface area contributed by atoms with Crippen molar-refractivity contribution in [2.45, 2.75) is 32.8 Å². The molecule has 2 aromatic rings. The van der Waals surface area contributed by atoms with Crippen LogP contribution in [0.15, 0.2) is 59.6 Å². The van der Waals surface area contributed by atoms with Gasteiger partial charge in [-0.2, -0.15) is 0 Å². The van der Waals surface area contributed by atoms with Gasteiger partial charge in [-0.25, -0.2) is 4.79 Å². The molecule has 1 heterocycles. The Morgan fingerprint density at radius 2 is 1.87 bits per heavy atom. The van der Waals surface area contributed by atoms with Crippen LogP contribution in [0.2, 0.25) is 0 Å². The molecule has 0 radical (unpaired) electrons. The summed E-state index contributed by atoms with van der Waals surface area (Å²) in [6, 6.07) is 10.8. The molecule has 1 atom stereocenters. The zero-order chi connectivity index (χ0) is 22.5. The predicted molar refractivity (Wildman–Crippen MR) is 110 cm³/mol. The number of aromatic carboxylic acids is 1. The van der Waals surface area contributed by atoms with Gasteiger partial charge in [0.2, 0.25) is 0 Å². The highest BCUT2D eigenvalue weighted by Crippen LogP contribution is 2.54. The lowest BCUT2D eigenvalue weighted by Crippen LogP contribution is -2.39. The first-order valence-corrected chi connectivity index (χ1v) is 9.63. The number of carboxylic acids is 1. The quantitative estimate of drug-likeness (QED) is 0.708. The zero-order valence-corrected chi connectivity index (χ0v) is 17.2. The average Bonchev–Trinajstić information content (AvgIpc) is 3.00. The molecule has 2 N–H and O–H groups in total. The molecular formula is C24H20O7. The number of rotatable bonds is 5. The fourth-order valence-electron chi connectivity index (χ4n) is 4.17. The van der Waals surface area contributed by atoms with E-state index in [0.717, 1.165) is 5.56 Å². The number of ketones is 2. The lowest BCUT2D eigenvalue weighted by Gasteiger charge is -2.28. The summed E-state index contributed by atoms with van der Waals surface area (Å²) in [6.45, 7) is 4.62. The minimum Gasteiger partial charge on any atom is -0.507 e. The number of aliphatic hydroxyl groups is 1. The summed E-state index contributed by atoms with van der Waals surface area (Å²) >= 11 is 0. The van der Waals surface area contributed by atoms with E-state index in [1.807, 2.05) is 30.3 Å². The number of ether oxygens (including phenoxy) is 2. The monoisotopic (exact) mass is 420 g/mol. The van der Waals surface area contributed by atoms with Crippen molar-refractivity contribution in [3.05, 3.63) is 81.8 Å². The number of hydrogen-bond acceptors (Lipinski definition) is 6. The van der Waals surface area contributed by atoms with Gasteiger partial charge in [-0.3, -0.25) is 9.59 Å². The fraction of sp³-hybridized carbons (Fsp3) is 0.208. The van der Waals surface area contributed by atoms with Crippen molar-refractivity contribution in [2.75, 3.05) is 0 Å². The molecule has 2 aromatic carbocycles. The molecule has 2 aliphatic rings. The van der Waals surface area contributed by atoms with Gasteiger partial charge in [0.1, 0.15) is 46.2 Å². The highest BCUT2D eigenvalue weighted by molar-refractivity contribution is 6.25. The van der Waals surface area contributed by atoms with Crippen LogP contribution in [-0.4, -0.2) is 27.7 Å². The zero-order valence-electron chi connectivity index (χ0n) is 17.2. The van der Waals surface area contributed by atoms with E-state index in [-0.39, 0.29) is 35.0 Å². The summed E-state index contributed by atoms with van der Waals surface area (Å²) in [4.78, 5) is 37.4. The minimum atomic E-state index is -1.42.